The smallest absolute Gasteiger partial charge is 0.141 e. The van der Waals surface area contributed by atoms with Crippen LogP contribution in [0.2, 0.25) is 5.02 Å². The molecule has 30 heavy (non-hydrogen) atoms. The van der Waals surface area contributed by atoms with E-state index in [1.54, 1.807) is 6.92 Å². The lowest BCUT2D eigenvalue weighted by Crippen LogP contribution is -2.47. The molecular weight excluding hydrogens is 408 g/mol. The predicted molar refractivity (Wildman–Crippen MR) is 112 cm³/mol. The number of hydrogen-bond acceptors (Lipinski definition) is 6. The molecule has 2 aromatic rings. The molecule has 2 aliphatic heterocycles. The topological polar surface area (TPSA) is 99.4 Å². The minimum absolute atomic E-state index is 0.230. The van der Waals surface area contributed by atoms with Gasteiger partial charge in [0.25, 0.3) is 0 Å². The minimum Gasteiger partial charge on any atom is -0.491 e. The van der Waals surface area contributed by atoms with Gasteiger partial charge in [0, 0.05) is 18.4 Å². The van der Waals surface area contributed by atoms with Gasteiger partial charge in [0.15, 0.2) is 0 Å². The molecule has 1 fully saturated rings. The Morgan fingerprint density at radius 2 is 1.93 bits per heavy atom. The highest BCUT2D eigenvalue weighted by Crippen LogP contribution is 2.44. The second kappa shape index (κ2) is 8.83. The van der Waals surface area contributed by atoms with Crippen molar-refractivity contribution in [3.8, 4) is 5.75 Å². The first-order valence-corrected chi connectivity index (χ1v) is 10.6. The van der Waals surface area contributed by atoms with E-state index in [1.807, 2.05) is 30.3 Å². The maximum atomic E-state index is 10.3. The van der Waals surface area contributed by atoms with E-state index in [-0.39, 0.29) is 13.0 Å². The van der Waals surface area contributed by atoms with Crippen molar-refractivity contribution < 1.29 is 29.9 Å². The Bertz CT molecular complexity index is 898. The molecule has 162 valence electrons. The van der Waals surface area contributed by atoms with Gasteiger partial charge in [-0.3, -0.25) is 0 Å². The number of rotatable bonds is 5. The SMILES string of the molecule is CC(O)c1ccc(Cc2cc(C3CC(O)[C@H](O)C(CO)O3)c3c(c2Cl)OCC3)cc1. The van der Waals surface area contributed by atoms with Crippen LogP contribution in [0, 0.1) is 0 Å². The maximum Gasteiger partial charge on any atom is 0.141 e. The molecule has 0 saturated carbocycles. The average molecular weight is 435 g/mol. The molecule has 0 amide bonds. The Hall–Kier alpha value is -1.67. The van der Waals surface area contributed by atoms with Crippen LogP contribution in [0.1, 0.15) is 53.4 Å². The van der Waals surface area contributed by atoms with E-state index in [4.69, 9.17) is 21.1 Å². The van der Waals surface area contributed by atoms with Crippen molar-refractivity contribution >= 4 is 11.6 Å². The van der Waals surface area contributed by atoms with Crippen molar-refractivity contribution in [2.24, 2.45) is 0 Å². The molecular formula is C23H27ClO6. The maximum absolute atomic E-state index is 10.3. The second-order valence-electron chi connectivity index (χ2n) is 8.08. The molecule has 0 spiro atoms. The molecule has 6 nitrogen and oxygen atoms in total. The monoisotopic (exact) mass is 434 g/mol. The Labute approximate surface area is 180 Å². The lowest BCUT2D eigenvalue weighted by atomic mass is 9.88. The average Bonchev–Trinajstić information content (AvgIpc) is 3.23. The van der Waals surface area contributed by atoms with E-state index in [1.165, 1.54) is 0 Å². The molecule has 0 aromatic heterocycles. The van der Waals surface area contributed by atoms with Crippen molar-refractivity contribution in [2.75, 3.05) is 13.2 Å². The molecule has 4 unspecified atom stereocenters. The number of fused-ring (bicyclic) bond motifs is 1. The first-order valence-electron chi connectivity index (χ1n) is 10.2. The number of hydrogen-bond donors (Lipinski definition) is 4. The minimum atomic E-state index is -1.12. The Morgan fingerprint density at radius 1 is 1.20 bits per heavy atom. The third kappa shape index (κ3) is 4.08. The first-order chi connectivity index (χ1) is 14.4. The lowest BCUT2D eigenvalue weighted by molar-refractivity contribution is -0.181. The molecule has 4 rings (SSSR count). The van der Waals surface area contributed by atoms with Crippen molar-refractivity contribution in [1.29, 1.82) is 0 Å². The highest BCUT2D eigenvalue weighted by molar-refractivity contribution is 6.33. The van der Waals surface area contributed by atoms with E-state index in [0.717, 1.165) is 27.8 Å². The summed E-state index contributed by atoms with van der Waals surface area (Å²) in [6.45, 7) is 1.88. The normalized spacial score (nSPS) is 26.9. The first kappa shape index (κ1) is 21.6. The third-order valence-electron chi connectivity index (χ3n) is 5.99. The molecule has 0 aliphatic carbocycles. The van der Waals surface area contributed by atoms with Gasteiger partial charge in [-0.05, 0) is 35.6 Å². The quantitative estimate of drug-likeness (QED) is 0.577. The predicted octanol–water partition coefficient (Wildman–Crippen LogP) is 2.46. The van der Waals surface area contributed by atoms with E-state index < -0.39 is 30.5 Å². The molecule has 1 saturated heterocycles. The molecule has 4 N–H and O–H groups in total. The van der Waals surface area contributed by atoms with Crippen molar-refractivity contribution in [3.63, 3.8) is 0 Å². The molecule has 7 heteroatoms. The number of halogens is 1. The largest absolute Gasteiger partial charge is 0.491 e. The summed E-state index contributed by atoms with van der Waals surface area (Å²) < 4.78 is 11.7. The fraction of sp³-hybridized carbons (Fsp3) is 0.478. The second-order valence-corrected chi connectivity index (χ2v) is 8.46. The zero-order valence-corrected chi connectivity index (χ0v) is 17.5. The summed E-state index contributed by atoms with van der Waals surface area (Å²) >= 11 is 6.67. The summed E-state index contributed by atoms with van der Waals surface area (Å²) in [6, 6.07) is 9.71. The van der Waals surface area contributed by atoms with Crippen LogP contribution in [0.5, 0.6) is 5.75 Å². The Kier molecular flexibility index (Phi) is 6.34. The van der Waals surface area contributed by atoms with Gasteiger partial charge < -0.3 is 29.9 Å². The van der Waals surface area contributed by atoms with Gasteiger partial charge in [-0.1, -0.05) is 41.9 Å². The van der Waals surface area contributed by atoms with E-state index in [9.17, 15) is 20.4 Å². The van der Waals surface area contributed by atoms with Gasteiger partial charge in [-0.25, -0.2) is 0 Å². The number of aliphatic hydroxyl groups excluding tert-OH is 4. The van der Waals surface area contributed by atoms with Gasteiger partial charge >= 0.3 is 0 Å². The van der Waals surface area contributed by atoms with Crippen molar-refractivity contribution in [2.45, 2.75) is 56.7 Å². The van der Waals surface area contributed by atoms with Crippen LogP contribution in [0.4, 0.5) is 0 Å². The standard InChI is InChI=1S/C23H27ClO6/c1-12(26)14-4-2-13(3-5-14)8-15-9-17(16-6-7-29-23(16)21(15)24)19-10-18(27)22(28)20(11-25)30-19/h2-5,9,12,18-20,22,25-28H,6-8,10-11H2,1H3/t12?,18?,19?,20?,22-/m0/s1. The van der Waals surface area contributed by atoms with Gasteiger partial charge in [0.1, 0.15) is 18.0 Å². The van der Waals surface area contributed by atoms with Gasteiger partial charge in [-0.15, -0.1) is 0 Å². The van der Waals surface area contributed by atoms with Crippen molar-refractivity contribution in [3.05, 3.63) is 63.2 Å². The number of ether oxygens (including phenoxy) is 2. The fourth-order valence-electron chi connectivity index (χ4n) is 4.27. The van der Waals surface area contributed by atoms with Crippen LogP contribution in [-0.4, -0.2) is 52.0 Å². The Balaban J connectivity index is 1.68. The highest BCUT2D eigenvalue weighted by atomic mass is 35.5. The summed E-state index contributed by atoms with van der Waals surface area (Å²) in [5, 5.41) is 40.1. The molecule has 2 aromatic carbocycles. The summed E-state index contributed by atoms with van der Waals surface area (Å²) in [6.07, 6.45) is -2.43. The molecule has 2 aliphatic rings. The van der Waals surface area contributed by atoms with E-state index >= 15 is 0 Å². The number of aliphatic hydroxyl groups is 4. The van der Waals surface area contributed by atoms with Gasteiger partial charge in [-0.2, -0.15) is 0 Å². The van der Waals surface area contributed by atoms with Crippen LogP contribution >= 0.6 is 11.6 Å². The molecule has 5 atom stereocenters. The summed E-state index contributed by atoms with van der Waals surface area (Å²) in [7, 11) is 0. The zero-order valence-electron chi connectivity index (χ0n) is 16.8. The van der Waals surface area contributed by atoms with E-state index in [0.29, 0.717) is 30.2 Å². The Morgan fingerprint density at radius 3 is 2.60 bits per heavy atom. The molecule has 0 bridgehead atoms. The van der Waals surface area contributed by atoms with Crippen LogP contribution in [0.15, 0.2) is 30.3 Å². The highest BCUT2D eigenvalue weighted by Gasteiger charge is 2.39. The van der Waals surface area contributed by atoms with Gasteiger partial charge in [0.2, 0.25) is 0 Å². The van der Waals surface area contributed by atoms with E-state index in [2.05, 4.69) is 0 Å². The number of benzene rings is 2. The van der Waals surface area contributed by atoms with Crippen LogP contribution in [0.25, 0.3) is 0 Å². The summed E-state index contributed by atoms with van der Waals surface area (Å²) in [4.78, 5) is 0. The lowest BCUT2D eigenvalue weighted by Gasteiger charge is -2.37. The third-order valence-corrected chi connectivity index (χ3v) is 6.40. The fourth-order valence-corrected chi connectivity index (χ4v) is 4.56. The molecule has 0 radical (unpaired) electrons. The molecule has 2 heterocycles. The van der Waals surface area contributed by atoms with Crippen LogP contribution < -0.4 is 4.74 Å². The van der Waals surface area contributed by atoms with Gasteiger partial charge in [0.05, 0.1) is 36.5 Å². The van der Waals surface area contributed by atoms with Crippen molar-refractivity contribution in [1.82, 2.24) is 0 Å². The summed E-state index contributed by atoms with van der Waals surface area (Å²) in [5.41, 5.74) is 4.60. The van der Waals surface area contributed by atoms with Crippen LogP contribution in [0.3, 0.4) is 0 Å². The zero-order chi connectivity index (χ0) is 21.4. The summed E-state index contributed by atoms with van der Waals surface area (Å²) in [5.74, 6) is 0.648. The van der Waals surface area contributed by atoms with Crippen LogP contribution in [-0.2, 0) is 17.6 Å².